The number of aromatic nitrogens is 12. The second kappa shape index (κ2) is 30.5. The van der Waals surface area contributed by atoms with Crippen LogP contribution in [0, 0.1) is 0 Å². The predicted octanol–water partition coefficient (Wildman–Crippen LogP) is 3.63. The quantitative estimate of drug-likeness (QED) is 0.0559. The zero-order chi connectivity index (χ0) is 72.5. The van der Waals surface area contributed by atoms with Crippen LogP contribution in [-0.2, 0) is 75.9 Å². The Morgan fingerprint density at radius 3 is 1.19 bits per heavy atom. The van der Waals surface area contributed by atoms with Crippen molar-refractivity contribution in [2.75, 3.05) is 97.4 Å². The van der Waals surface area contributed by atoms with E-state index in [0.717, 1.165) is 11.1 Å². The molecule has 2 aromatic carbocycles. The summed E-state index contributed by atoms with van der Waals surface area (Å²) in [6.07, 6.45) is 2.91. The molecule has 0 saturated carbocycles. The van der Waals surface area contributed by atoms with Gasteiger partial charge in [-0.25, -0.2) is 44.9 Å². The van der Waals surface area contributed by atoms with E-state index >= 15 is 0 Å². The lowest BCUT2D eigenvalue weighted by Gasteiger charge is -2.27. The van der Waals surface area contributed by atoms with Gasteiger partial charge in [-0.2, -0.15) is 0 Å². The first-order chi connectivity index (χ1) is 47.8. The number of anilines is 3. The van der Waals surface area contributed by atoms with Crippen LogP contribution in [0.2, 0.25) is 0 Å². The lowest BCUT2D eigenvalue weighted by Crippen LogP contribution is -2.39. The van der Waals surface area contributed by atoms with Gasteiger partial charge in [0.2, 0.25) is 0 Å². The first kappa shape index (κ1) is 74.1. The second-order valence-electron chi connectivity index (χ2n) is 29.3. The van der Waals surface area contributed by atoms with Gasteiger partial charge in [-0.15, -0.1) is 0 Å². The normalized spacial score (nSPS) is 25.2. The Kier molecular flexibility index (Phi) is 22.4. The van der Waals surface area contributed by atoms with Crippen LogP contribution in [0.1, 0.15) is 110 Å². The number of likely N-dealkylation sites (N-methyl/N-ethyl adjacent to an activating group) is 3. The molecule has 32 nitrogen and oxygen atoms in total. The van der Waals surface area contributed by atoms with Crippen LogP contribution in [0.5, 0.6) is 0 Å². The lowest BCUT2D eigenvalue weighted by atomic mass is 9.86. The van der Waals surface area contributed by atoms with Gasteiger partial charge in [-0.1, -0.05) is 90.1 Å². The van der Waals surface area contributed by atoms with Gasteiger partial charge in [0.15, 0.2) is 64.7 Å². The Labute approximate surface area is 585 Å². The van der Waals surface area contributed by atoms with Crippen molar-refractivity contribution in [3.8, 4) is 0 Å². The maximum atomic E-state index is 12.4. The number of rotatable bonds is 21. The van der Waals surface area contributed by atoms with Gasteiger partial charge in [0.1, 0.15) is 104 Å². The molecule has 6 aromatic heterocycles. The van der Waals surface area contributed by atoms with E-state index in [1.807, 2.05) is 104 Å². The maximum Gasteiger partial charge on any atom is 0.310 e. The van der Waals surface area contributed by atoms with Crippen molar-refractivity contribution in [2.24, 2.45) is 0 Å². The number of ether oxygens (including phenoxy) is 9. The molecule has 0 bridgehead atoms. The average Bonchev–Trinajstić information content (AvgIpc) is 1.60. The monoisotopic (exact) mass is 1400 g/mol. The molecule has 8 aromatic rings. The van der Waals surface area contributed by atoms with Crippen molar-refractivity contribution in [3.05, 3.63) is 109 Å². The summed E-state index contributed by atoms with van der Waals surface area (Å²) in [4.78, 5) is 68.2. The van der Waals surface area contributed by atoms with E-state index in [0.29, 0.717) is 84.4 Å². The number of carbonyl (C=O) groups excluding carboxylic acids is 2. The molecule has 5 aliphatic heterocycles. The van der Waals surface area contributed by atoms with Gasteiger partial charge >= 0.3 is 11.9 Å². The number of nitrogen functional groups attached to an aromatic ring is 3. The third-order valence-electron chi connectivity index (χ3n) is 18.3. The smallest absolute Gasteiger partial charge is 0.310 e. The highest BCUT2D eigenvalue weighted by Gasteiger charge is 2.58. The van der Waals surface area contributed by atoms with Crippen molar-refractivity contribution in [1.29, 1.82) is 0 Å². The Balaban J connectivity index is 0.000000155. The number of benzene rings is 2. The molecular formula is C69H96N18O14. The molecule has 12 atom stereocenters. The van der Waals surface area contributed by atoms with Crippen molar-refractivity contribution in [3.63, 3.8) is 0 Å². The third kappa shape index (κ3) is 17.2. The number of hydrogen-bond donors (Lipinski definition) is 6. The number of aliphatic hydroxyl groups is 3. The summed E-state index contributed by atoms with van der Waals surface area (Å²) in [5, 5.41) is 30.3. The van der Waals surface area contributed by atoms with Crippen LogP contribution >= 0.6 is 0 Å². The summed E-state index contributed by atoms with van der Waals surface area (Å²) < 4.78 is 59.5. The van der Waals surface area contributed by atoms with Gasteiger partial charge in [0, 0.05) is 39.3 Å². The summed E-state index contributed by atoms with van der Waals surface area (Å²) in [5.74, 6) is -1.13. The molecule has 5 fully saturated rings. The molecule has 5 saturated heterocycles. The van der Waals surface area contributed by atoms with Crippen LogP contribution in [0.25, 0.3) is 33.5 Å². The highest BCUT2D eigenvalue weighted by molar-refractivity contribution is 5.82. The molecule has 5 aliphatic rings. The standard InChI is InChI=1S/C28H38N6O5.C25H34N6O5.C16H24N6O4/c1-27(2,3)18-9-7-17(8-10-18)13-20(35)36-12-11-33(6)14-19-22-23(39-28(4,5)38-22)26(37-19)34-16-32-21-24(29)30-15-31-25(21)34;1-25(2,3)16-7-5-15(6-8-16)11-18(32)35-10-9-30(4)12-17-20(33)21(34)24(36-17)31-14-29-19-22(26)27-13-28-23(19)31;1-16(2)25-11-9(6-21(3)4-5-23)24-15(12(11)26-16)22-8-20-10-13(17)18-7-19-14(10)22/h7-10,15-16,19,22-23,26H,11-14H2,1-6H3,(H2,29,30,31);5-8,13-14,17,20-21,24,33-34H,9-12H2,1-4H3,(H2,26,27,28);7-9,11-12,15,23H,4-6H2,1-3H3,(H2,17,18,19)/t19-,22-,23-,26-;17-,20-,21-,24-;9-,11-,12-,15-/m111/s1. The minimum absolute atomic E-state index is 0.0607. The number of esters is 2. The number of nitrogens with two attached hydrogens (primary N) is 3. The van der Waals surface area contributed by atoms with Crippen molar-refractivity contribution in [2.45, 2.75) is 178 Å². The number of hydrogen-bond acceptors (Lipinski definition) is 29. The Bertz CT molecular complexity index is 4120. The van der Waals surface area contributed by atoms with E-state index in [2.05, 4.69) is 103 Å². The molecule has 546 valence electrons. The van der Waals surface area contributed by atoms with Crippen molar-refractivity contribution < 1.29 is 67.5 Å². The predicted molar refractivity (Wildman–Crippen MR) is 370 cm³/mol. The van der Waals surface area contributed by atoms with Gasteiger partial charge in [0.05, 0.1) is 38.4 Å². The van der Waals surface area contributed by atoms with E-state index in [4.69, 9.17) is 64.9 Å². The molecule has 9 N–H and O–H groups in total. The number of fused-ring (bicyclic) bond motifs is 5. The number of nitrogens with zero attached hydrogens (tertiary/aromatic N) is 15. The van der Waals surface area contributed by atoms with E-state index < -0.39 is 48.6 Å². The molecule has 0 amide bonds. The molecule has 0 aliphatic carbocycles. The fraction of sp³-hybridized carbons (Fsp3) is 0.580. The molecule has 0 unspecified atom stereocenters. The summed E-state index contributed by atoms with van der Waals surface area (Å²) in [5.41, 5.74) is 25.2. The largest absolute Gasteiger partial charge is 0.464 e. The van der Waals surface area contributed by atoms with Crippen LogP contribution in [0.15, 0.2) is 86.5 Å². The summed E-state index contributed by atoms with van der Waals surface area (Å²) in [6.45, 7) is 24.1. The van der Waals surface area contributed by atoms with E-state index in [9.17, 15) is 19.8 Å². The summed E-state index contributed by atoms with van der Waals surface area (Å²) >= 11 is 0. The number of imidazole rings is 3. The highest BCUT2D eigenvalue weighted by Crippen LogP contribution is 2.46. The average molecular weight is 1400 g/mol. The first-order valence-corrected chi connectivity index (χ1v) is 33.8. The molecule has 0 radical (unpaired) electrons. The summed E-state index contributed by atoms with van der Waals surface area (Å²) in [6, 6.07) is 16.1. The van der Waals surface area contributed by atoms with Crippen LogP contribution in [0.4, 0.5) is 17.5 Å². The topological polar surface area (TPSA) is 396 Å². The fourth-order valence-electron chi connectivity index (χ4n) is 13.0. The summed E-state index contributed by atoms with van der Waals surface area (Å²) in [7, 11) is 5.73. The maximum absolute atomic E-state index is 12.4. The van der Waals surface area contributed by atoms with E-state index in [1.165, 1.54) is 41.0 Å². The fourth-order valence-corrected chi connectivity index (χ4v) is 13.0. The van der Waals surface area contributed by atoms with Crippen LogP contribution in [0.3, 0.4) is 0 Å². The molecule has 0 spiro atoms. The minimum atomic E-state index is -1.18. The minimum Gasteiger partial charge on any atom is -0.464 e. The second-order valence-corrected chi connectivity index (χ2v) is 29.3. The zero-order valence-corrected chi connectivity index (χ0v) is 59.6. The zero-order valence-electron chi connectivity index (χ0n) is 59.6. The number of carbonyl (C=O) groups is 2. The van der Waals surface area contributed by atoms with Gasteiger partial charge < -0.3 is 89.9 Å². The van der Waals surface area contributed by atoms with E-state index in [-0.39, 0.29) is 97.9 Å². The Morgan fingerprint density at radius 1 is 0.485 bits per heavy atom. The molecule has 101 heavy (non-hydrogen) atoms. The van der Waals surface area contributed by atoms with Crippen molar-refractivity contribution >= 4 is 62.9 Å². The molecule has 32 heteroatoms. The lowest BCUT2D eigenvalue weighted by molar-refractivity contribution is -0.198. The molecular weight excluding hydrogens is 1300 g/mol. The Hall–Kier alpha value is -8.09. The Morgan fingerprint density at radius 2 is 0.822 bits per heavy atom. The van der Waals surface area contributed by atoms with Crippen LogP contribution in [-0.4, -0.2) is 247 Å². The molecule has 13 rings (SSSR count). The van der Waals surface area contributed by atoms with Crippen molar-refractivity contribution in [1.82, 2.24) is 73.3 Å². The first-order valence-electron chi connectivity index (χ1n) is 33.8. The van der Waals surface area contributed by atoms with E-state index in [1.54, 1.807) is 12.7 Å². The van der Waals surface area contributed by atoms with Gasteiger partial charge in [-0.05, 0) is 81.9 Å². The van der Waals surface area contributed by atoms with Gasteiger partial charge in [-0.3, -0.25) is 23.3 Å². The molecule has 11 heterocycles. The highest BCUT2D eigenvalue weighted by atomic mass is 16.8. The SMILES string of the molecule is CN(CCO)C[C@H]1O[C@@H](n2cnc3c(N)ncnc32)[C@@H]2OC(C)(C)O[C@@H]21.CN(CCOC(=O)Cc1ccc(C(C)(C)C)cc1)C[C@H]1O[C@@H](n2cnc3c(N)ncnc32)[C@@H]2OC(C)(C)O[C@@H]21.CN(CCOC(=O)Cc1ccc(C(C)(C)C)cc1)C[C@H]1O[C@@H](n2cnc3c(N)ncnc32)[C@H](O)[C@@H]1O. The van der Waals surface area contributed by atoms with Gasteiger partial charge in [0.25, 0.3) is 0 Å². The number of aliphatic hydroxyl groups excluding tert-OH is 3. The third-order valence-corrected chi connectivity index (χ3v) is 18.3. The van der Waals surface area contributed by atoms with Crippen LogP contribution < -0.4 is 17.2 Å².